The third kappa shape index (κ3) is 2.00. The second-order valence-corrected chi connectivity index (χ2v) is 4.22. The molecule has 1 heterocycles. The van der Waals surface area contributed by atoms with Crippen molar-refractivity contribution in [2.45, 2.75) is 0 Å². The zero-order valence-electron chi connectivity index (χ0n) is 6.50. The topological polar surface area (TPSA) is 26.0 Å². The molecule has 0 unspecified atom stereocenters. The fourth-order valence-electron chi connectivity index (χ4n) is 1.04. The summed E-state index contributed by atoms with van der Waals surface area (Å²) < 4.78 is 6.58. The van der Waals surface area contributed by atoms with Gasteiger partial charge < -0.3 is 4.52 Å². The van der Waals surface area contributed by atoms with Crippen LogP contribution in [0.5, 0.6) is 0 Å². The average Bonchev–Trinajstić information content (AvgIpc) is 2.52. The maximum absolute atomic E-state index is 4.91. The summed E-state index contributed by atoms with van der Waals surface area (Å²) in [6.07, 6.45) is 0. The van der Waals surface area contributed by atoms with Gasteiger partial charge in [-0.3, -0.25) is 0 Å². The molecule has 0 N–H and O–H groups in total. The van der Waals surface area contributed by atoms with Crippen molar-refractivity contribution in [1.29, 1.82) is 0 Å². The van der Waals surface area contributed by atoms with E-state index in [0.29, 0.717) is 4.67 Å². The van der Waals surface area contributed by atoms with Gasteiger partial charge >= 0.3 is 0 Å². The molecular formula is C9H5Br2NO. The molecule has 0 aliphatic heterocycles. The van der Waals surface area contributed by atoms with Gasteiger partial charge in [0, 0.05) is 16.1 Å². The minimum atomic E-state index is 0.641. The molecule has 0 radical (unpaired) electrons. The zero-order valence-corrected chi connectivity index (χ0v) is 9.67. The molecule has 0 aliphatic carbocycles. The molecule has 1 aromatic carbocycles. The zero-order chi connectivity index (χ0) is 9.26. The maximum Gasteiger partial charge on any atom is 0.202 e. The van der Waals surface area contributed by atoms with E-state index in [1.165, 1.54) is 0 Å². The Morgan fingerprint density at radius 3 is 2.62 bits per heavy atom. The standard InChI is InChI=1S/C9H5Br2NO/c10-7-3-1-2-6(4-7)8-5-9(11)13-12-8/h1-5H. The smallest absolute Gasteiger partial charge is 0.202 e. The Balaban J connectivity index is 2.46. The van der Waals surface area contributed by atoms with Crippen LogP contribution in [0, 0.1) is 0 Å². The highest BCUT2D eigenvalue weighted by Gasteiger charge is 2.03. The quantitative estimate of drug-likeness (QED) is 0.799. The Kier molecular flexibility index (Phi) is 2.51. The number of aromatic nitrogens is 1. The van der Waals surface area contributed by atoms with Crippen LogP contribution in [0.1, 0.15) is 0 Å². The van der Waals surface area contributed by atoms with Crippen molar-refractivity contribution in [1.82, 2.24) is 5.16 Å². The van der Waals surface area contributed by atoms with Crippen LogP contribution in [-0.2, 0) is 0 Å². The van der Waals surface area contributed by atoms with Crippen LogP contribution in [-0.4, -0.2) is 5.16 Å². The number of rotatable bonds is 1. The molecule has 0 aliphatic rings. The van der Waals surface area contributed by atoms with Crippen LogP contribution in [0.25, 0.3) is 11.3 Å². The first-order chi connectivity index (χ1) is 6.25. The summed E-state index contributed by atoms with van der Waals surface area (Å²) in [6, 6.07) is 9.74. The van der Waals surface area contributed by atoms with Crippen molar-refractivity contribution < 1.29 is 4.52 Å². The molecule has 0 spiro atoms. The van der Waals surface area contributed by atoms with Crippen LogP contribution < -0.4 is 0 Å². The van der Waals surface area contributed by atoms with E-state index < -0.39 is 0 Å². The summed E-state index contributed by atoms with van der Waals surface area (Å²) in [4.78, 5) is 0. The summed E-state index contributed by atoms with van der Waals surface area (Å²) in [5.41, 5.74) is 1.86. The van der Waals surface area contributed by atoms with Gasteiger partial charge in [0.25, 0.3) is 0 Å². The van der Waals surface area contributed by atoms with Crippen molar-refractivity contribution in [3.8, 4) is 11.3 Å². The lowest BCUT2D eigenvalue weighted by atomic mass is 10.2. The van der Waals surface area contributed by atoms with Gasteiger partial charge in [-0.05, 0) is 28.1 Å². The minimum absolute atomic E-state index is 0.641. The minimum Gasteiger partial charge on any atom is -0.349 e. The fraction of sp³-hybridized carbons (Fsp3) is 0. The molecule has 4 heteroatoms. The van der Waals surface area contributed by atoms with Gasteiger partial charge in [0.2, 0.25) is 4.67 Å². The largest absolute Gasteiger partial charge is 0.349 e. The normalized spacial score (nSPS) is 10.3. The lowest BCUT2D eigenvalue weighted by Gasteiger charge is -1.94. The van der Waals surface area contributed by atoms with Crippen LogP contribution in [0.3, 0.4) is 0 Å². The third-order valence-electron chi connectivity index (χ3n) is 1.60. The van der Waals surface area contributed by atoms with Crippen molar-refractivity contribution >= 4 is 31.9 Å². The number of hydrogen-bond donors (Lipinski definition) is 0. The number of nitrogens with zero attached hydrogens (tertiary/aromatic N) is 1. The number of benzene rings is 1. The van der Waals surface area contributed by atoms with Gasteiger partial charge in [-0.2, -0.15) is 0 Å². The van der Waals surface area contributed by atoms with Gasteiger partial charge in [-0.25, -0.2) is 0 Å². The van der Waals surface area contributed by atoms with Gasteiger partial charge in [0.1, 0.15) is 5.69 Å². The molecule has 2 aromatic rings. The van der Waals surface area contributed by atoms with E-state index in [1.807, 2.05) is 30.3 Å². The molecule has 2 nitrogen and oxygen atoms in total. The molecular weight excluding hydrogens is 298 g/mol. The fourth-order valence-corrected chi connectivity index (χ4v) is 1.73. The van der Waals surface area contributed by atoms with E-state index in [2.05, 4.69) is 37.0 Å². The first-order valence-electron chi connectivity index (χ1n) is 3.64. The summed E-state index contributed by atoms with van der Waals surface area (Å²) in [7, 11) is 0. The van der Waals surface area contributed by atoms with Crippen LogP contribution >= 0.6 is 31.9 Å². The summed E-state index contributed by atoms with van der Waals surface area (Å²) in [5, 5.41) is 3.88. The van der Waals surface area contributed by atoms with E-state index in [0.717, 1.165) is 15.7 Å². The molecule has 0 saturated carbocycles. The summed E-state index contributed by atoms with van der Waals surface area (Å²) in [5.74, 6) is 0. The molecule has 2 rings (SSSR count). The van der Waals surface area contributed by atoms with Gasteiger partial charge in [0.05, 0.1) is 0 Å². The Bertz CT molecular complexity index is 425. The van der Waals surface area contributed by atoms with E-state index in [-0.39, 0.29) is 0 Å². The first kappa shape index (κ1) is 8.97. The van der Waals surface area contributed by atoms with E-state index >= 15 is 0 Å². The Hall–Kier alpha value is -0.610. The predicted molar refractivity (Wildman–Crippen MR) is 57.3 cm³/mol. The molecule has 66 valence electrons. The van der Waals surface area contributed by atoms with Crippen molar-refractivity contribution in [2.24, 2.45) is 0 Å². The maximum atomic E-state index is 4.91. The molecule has 0 amide bonds. The SMILES string of the molecule is Brc1cccc(-c2cc(Br)on2)c1. The third-order valence-corrected chi connectivity index (χ3v) is 2.47. The summed E-state index contributed by atoms with van der Waals surface area (Å²) in [6.45, 7) is 0. The average molecular weight is 303 g/mol. The Labute approximate surface area is 92.2 Å². The van der Waals surface area contributed by atoms with Crippen LogP contribution in [0.15, 0.2) is 44.0 Å². The van der Waals surface area contributed by atoms with E-state index in [1.54, 1.807) is 0 Å². The first-order valence-corrected chi connectivity index (χ1v) is 5.22. The highest BCUT2D eigenvalue weighted by molar-refractivity contribution is 9.10. The van der Waals surface area contributed by atoms with Crippen molar-refractivity contribution in [2.75, 3.05) is 0 Å². The number of hydrogen-bond acceptors (Lipinski definition) is 2. The van der Waals surface area contributed by atoms with Gasteiger partial charge in [-0.1, -0.05) is 33.2 Å². The molecule has 1 aromatic heterocycles. The highest BCUT2D eigenvalue weighted by Crippen LogP contribution is 2.24. The van der Waals surface area contributed by atoms with E-state index in [4.69, 9.17) is 4.52 Å². The van der Waals surface area contributed by atoms with Crippen LogP contribution in [0.2, 0.25) is 0 Å². The van der Waals surface area contributed by atoms with Gasteiger partial charge in [0.15, 0.2) is 0 Å². The van der Waals surface area contributed by atoms with Crippen molar-refractivity contribution in [3.63, 3.8) is 0 Å². The molecule has 13 heavy (non-hydrogen) atoms. The Morgan fingerprint density at radius 2 is 2.00 bits per heavy atom. The second kappa shape index (κ2) is 3.64. The van der Waals surface area contributed by atoms with Crippen LogP contribution in [0.4, 0.5) is 0 Å². The monoisotopic (exact) mass is 301 g/mol. The molecule has 0 fully saturated rings. The molecule has 0 atom stereocenters. The lowest BCUT2D eigenvalue weighted by molar-refractivity contribution is 0.402. The highest BCUT2D eigenvalue weighted by atomic mass is 79.9. The molecule has 0 saturated heterocycles. The lowest BCUT2D eigenvalue weighted by Crippen LogP contribution is -1.75. The number of halogens is 2. The second-order valence-electron chi connectivity index (χ2n) is 2.53. The molecule has 0 bridgehead atoms. The Morgan fingerprint density at radius 1 is 1.15 bits per heavy atom. The van der Waals surface area contributed by atoms with Gasteiger partial charge in [-0.15, -0.1) is 0 Å². The van der Waals surface area contributed by atoms with Crippen molar-refractivity contribution in [3.05, 3.63) is 39.5 Å². The predicted octanol–water partition coefficient (Wildman–Crippen LogP) is 3.87. The van der Waals surface area contributed by atoms with E-state index in [9.17, 15) is 0 Å². The summed E-state index contributed by atoms with van der Waals surface area (Å²) >= 11 is 6.60.